The van der Waals surface area contributed by atoms with Crippen molar-refractivity contribution in [2.75, 3.05) is 0 Å². The number of aromatic amines is 1. The Morgan fingerprint density at radius 2 is 1.15 bits per heavy atom. The summed E-state index contributed by atoms with van der Waals surface area (Å²) < 4.78 is 0. The molecule has 2 nitrogen and oxygen atoms in total. The normalized spacial score (nSPS) is 10.1. The van der Waals surface area contributed by atoms with E-state index in [4.69, 9.17) is 5.11 Å². The Bertz CT molecular complexity index is 835. The Labute approximate surface area is 211 Å². The molecule has 0 saturated heterocycles. The molecule has 1 aromatic heterocycles. The molecule has 0 spiro atoms. The molecule has 0 aliphatic rings. The summed E-state index contributed by atoms with van der Waals surface area (Å²) in [5, 5.41) is 10.1. The molecule has 0 amide bonds. The van der Waals surface area contributed by atoms with Gasteiger partial charge in [-0.25, -0.2) is 0 Å². The Morgan fingerprint density at radius 1 is 0.647 bits per heavy atom. The molecule has 3 rings (SSSR count). The van der Waals surface area contributed by atoms with Gasteiger partial charge in [0, 0.05) is 16.6 Å². The van der Waals surface area contributed by atoms with E-state index in [1.807, 2.05) is 13.8 Å². The molecule has 192 valence electrons. The highest BCUT2D eigenvalue weighted by Gasteiger charge is 2.06. The standard InChI is InChI=1S/C12H15N.C10H14.C5H12O.C5H12/c1-3-9-10-7-5-6-8-12(10)13-11(9)4-2;1-3-9-7-5-6-8-10(9)4-2;1-3-5(6)4-2;1-3-5-4-2/h5-8,13H,3-4H2,1-2H3;5-8H,3-4H2,1-2H3;5-6H,3-4H2,1-2H3;3-5H2,1-2H3. The lowest BCUT2D eigenvalue weighted by Gasteiger charge is -2.02. The highest BCUT2D eigenvalue weighted by Crippen LogP contribution is 2.22. The van der Waals surface area contributed by atoms with Crippen molar-refractivity contribution in [2.24, 2.45) is 0 Å². The van der Waals surface area contributed by atoms with Gasteiger partial charge in [-0.05, 0) is 61.3 Å². The maximum absolute atomic E-state index is 8.67. The van der Waals surface area contributed by atoms with Gasteiger partial charge >= 0.3 is 0 Å². The summed E-state index contributed by atoms with van der Waals surface area (Å²) in [6.07, 6.45) is 10.3. The van der Waals surface area contributed by atoms with E-state index in [0.717, 1.165) is 38.5 Å². The summed E-state index contributed by atoms with van der Waals surface area (Å²) in [4.78, 5) is 3.46. The Kier molecular flexibility index (Phi) is 19.1. The van der Waals surface area contributed by atoms with Gasteiger partial charge in [0.05, 0.1) is 6.10 Å². The van der Waals surface area contributed by atoms with Gasteiger partial charge in [0.25, 0.3) is 0 Å². The van der Waals surface area contributed by atoms with Crippen molar-refractivity contribution in [3.63, 3.8) is 0 Å². The number of unbranched alkanes of at least 4 members (excludes halogenated alkanes) is 2. The van der Waals surface area contributed by atoms with Crippen molar-refractivity contribution in [1.82, 2.24) is 4.98 Å². The molecule has 3 aromatic rings. The summed E-state index contributed by atoms with van der Waals surface area (Å²) in [5.41, 5.74) is 7.13. The van der Waals surface area contributed by atoms with Crippen LogP contribution in [-0.2, 0) is 25.7 Å². The number of aliphatic hydroxyl groups excluding tert-OH is 1. The number of aliphatic hydroxyl groups is 1. The zero-order valence-electron chi connectivity index (χ0n) is 23.5. The van der Waals surface area contributed by atoms with E-state index in [9.17, 15) is 0 Å². The average Bonchev–Trinajstić information content (AvgIpc) is 3.27. The number of hydrogen-bond acceptors (Lipinski definition) is 1. The number of hydrogen-bond donors (Lipinski definition) is 2. The minimum Gasteiger partial charge on any atom is -0.393 e. The number of H-pyrrole nitrogens is 1. The number of rotatable bonds is 8. The van der Waals surface area contributed by atoms with Crippen molar-refractivity contribution in [1.29, 1.82) is 0 Å². The van der Waals surface area contributed by atoms with Crippen LogP contribution in [0.4, 0.5) is 0 Å². The van der Waals surface area contributed by atoms with Crippen molar-refractivity contribution >= 4 is 10.9 Å². The number of para-hydroxylation sites is 1. The van der Waals surface area contributed by atoms with Crippen LogP contribution in [-0.4, -0.2) is 16.2 Å². The zero-order chi connectivity index (χ0) is 25.8. The third-order valence-electron chi connectivity index (χ3n) is 6.14. The molecular formula is C32H53NO. The third-order valence-corrected chi connectivity index (χ3v) is 6.14. The lowest BCUT2D eigenvalue weighted by atomic mass is 10.0. The van der Waals surface area contributed by atoms with Crippen molar-refractivity contribution < 1.29 is 5.11 Å². The van der Waals surface area contributed by atoms with E-state index in [1.54, 1.807) is 0 Å². The van der Waals surface area contributed by atoms with Crippen LogP contribution in [0.3, 0.4) is 0 Å². The van der Waals surface area contributed by atoms with E-state index < -0.39 is 0 Å². The van der Waals surface area contributed by atoms with Gasteiger partial charge in [-0.1, -0.05) is 117 Å². The lowest BCUT2D eigenvalue weighted by Crippen LogP contribution is -1.99. The van der Waals surface area contributed by atoms with Crippen LogP contribution >= 0.6 is 0 Å². The van der Waals surface area contributed by atoms with Gasteiger partial charge in [0.1, 0.15) is 0 Å². The molecule has 34 heavy (non-hydrogen) atoms. The molecule has 2 heteroatoms. The second-order valence-electron chi connectivity index (χ2n) is 8.63. The van der Waals surface area contributed by atoms with Crippen LogP contribution in [0, 0.1) is 0 Å². The summed E-state index contributed by atoms with van der Waals surface area (Å²) in [7, 11) is 0. The van der Waals surface area contributed by atoms with Gasteiger partial charge in [-0.2, -0.15) is 0 Å². The predicted octanol–water partition coefficient (Wildman–Crippen LogP) is 9.47. The predicted molar refractivity (Wildman–Crippen MR) is 154 cm³/mol. The largest absolute Gasteiger partial charge is 0.393 e. The van der Waals surface area contributed by atoms with Gasteiger partial charge < -0.3 is 10.1 Å². The van der Waals surface area contributed by atoms with Crippen molar-refractivity contribution in [3.8, 4) is 0 Å². The average molecular weight is 468 g/mol. The third kappa shape index (κ3) is 11.9. The molecule has 0 bridgehead atoms. The maximum atomic E-state index is 8.67. The first kappa shape index (κ1) is 31.9. The highest BCUT2D eigenvalue weighted by molar-refractivity contribution is 5.84. The smallest absolute Gasteiger partial charge is 0.0535 e. The number of benzene rings is 2. The molecular weight excluding hydrogens is 414 g/mol. The lowest BCUT2D eigenvalue weighted by molar-refractivity contribution is 0.166. The first-order valence-corrected chi connectivity index (χ1v) is 13.8. The fourth-order valence-corrected chi connectivity index (χ4v) is 3.85. The first-order valence-electron chi connectivity index (χ1n) is 13.8. The summed E-state index contributed by atoms with van der Waals surface area (Å²) in [5.74, 6) is 0. The Balaban J connectivity index is 0.000000462. The van der Waals surface area contributed by atoms with Crippen LogP contribution in [0.1, 0.15) is 110 Å². The van der Waals surface area contributed by atoms with Crippen molar-refractivity contribution in [3.05, 3.63) is 70.9 Å². The molecule has 0 saturated carbocycles. The van der Waals surface area contributed by atoms with E-state index >= 15 is 0 Å². The van der Waals surface area contributed by atoms with Gasteiger partial charge in [-0.15, -0.1) is 0 Å². The quantitative estimate of drug-likeness (QED) is 0.340. The summed E-state index contributed by atoms with van der Waals surface area (Å²) in [6.45, 7) is 17.2. The SMILES string of the molecule is CCC(O)CC.CCCCC.CCc1[nH]c2ccccc2c1CC.CCc1ccccc1CC. The van der Waals surface area contributed by atoms with Crippen LogP contribution in [0.25, 0.3) is 10.9 Å². The summed E-state index contributed by atoms with van der Waals surface area (Å²) in [6, 6.07) is 17.2. The fraction of sp³-hybridized carbons (Fsp3) is 0.562. The topological polar surface area (TPSA) is 36.0 Å². The minimum absolute atomic E-state index is 0.0648. The number of aryl methyl sites for hydroxylation is 4. The second-order valence-corrected chi connectivity index (χ2v) is 8.63. The number of aromatic nitrogens is 1. The van der Waals surface area contributed by atoms with Gasteiger partial charge in [0.15, 0.2) is 0 Å². The highest BCUT2D eigenvalue weighted by atomic mass is 16.3. The van der Waals surface area contributed by atoms with Crippen molar-refractivity contribution in [2.45, 2.75) is 119 Å². The number of fused-ring (bicyclic) bond motifs is 1. The van der Waals surface area contributed by atoms with Gasteiger partial charge in [-0.3, -0.25) is 0 Å². The molecule has 0 fully saturated rings. The fourth-order valence-electron chi connectivity index (χ4n) is 3.85. The zero-order valence-corrected chi connectivity index (χ0v) is 23.5. The minimum atomic E-state index is -0.0648. The molecule has 1 heterocycles. The molecule has 0 aliphatic heterocycles. The van der Waals surface area contributed by atoms with Crippen LogP contribution in [0.15, 0.2) is 48.5 Å². The first-order chi connectivity index (χ1) is 16.5. The van der Waals surface area contributed by atoms with Gasteiger partial charge in [0.2, 0.25) is 0 Å². The maximum Gasteiger partial charge on any atom is 0.0535 e. The molecule has 0 atom stereocenters. The van der Waals surface area contributed by atoms with Crippen LogP contribution in [0.5, 0.6) is 0 Å². The molecule has 2 N–H and O–H groups in total. The number of nitrogens with one attached hydrogen (secondary N) is 1. The van der Waals surface area contributed by atoms with E-state index in [1.165, 1.54) is 52.5 Å². The second kappa shape index (κ2) is 20.3. The molecule has 0 aliphatic carbocycles. The Morgan fingerprint density at radius 3 is 1.50 bits per heavy atom. The van der Waals surface area contributed by atoms with E-state index in [2.05, 4.69) is 95.1 Å². The molecule has 2 aromatic carbocycles. The van der Waals surface area contributed by atoms with Crippen LogP contribution < -0.4 is 0 Å². The molecule has 0 unspecified atom stereocenters. The van der Waals surface area contributed by atoms with E-state index in [-0.39, 0.29) is 6.10 Å². The molecule has 0 radical (unpaired) electrons. The van der Waals surface area contributed by atoms with Crippen LogP contribution in [0.2, 0.25) is 0 Å². The Hall–Kier alpha value is -2.06. The van der Waals surface area contributed by atoms with E-state index in [0.29, 0.717) is 0 Å². The monoisotopic (exact) mass is 467 g/mol. The summed E-state index contributed by atoms with van der Waals surface area (Å²) >= 11 is 0.